The van der Waals surface area contributed by atoms with Gasteiger partial charge in [-0.1, -0.05) is 0 Å². The molecule has 1 aromatic rings. The van der Waals surface area contributed by atoms with E-state index in [1.165, 1.54) is 12.3 Å². The van der Waals surface area contributed by atoms with Crippen LogP contribution in [-0.4, -0.2) is 34.5 Å². The summed E-state index contributed by atoms with van der Waals surface area (Å²) < 4.78 is 4.67. The SMILES string of the molecule is CC(=O)OC(=O)CNC(=O)c1nccc(I)c1O. The average molecular weight is 364 g/mol. The van der Waals surface area contributed by atoms with Gasteiger partial charge in [-0.25, -0.2) is 9.78 Å². The topological polar surface area (TPSA) is 106 Å². The van der Waals surface area contributed by atoms with Gasteiger partial charge >= 0.3 is 11.9 Å². The number of pyridine rings is 1. The first-order valence-electron chi connectivity index (χ1n) is 4.74. The molecule has 7 nitrogen and oxygen atoms in total. The number of esters is 2. The van der Waals surface area contributed by atoms with Crippen LogP contribution >= 0.6 is 22.6 Å². The molecule has 18 heavy (non-hydrogen) atoms. The summed E-state index contributed by atoms with van der Waals surface area (Å²) in [7, 11) is 0. The zero-order valence-corrected chi connectivity index (χ0v) is 11.4. The van der Waals surface area contributed by atoms with Crippen molar-refractivity contribution in [3.8, 4) is 5.75 Å². The minimum Gasteiger partial charge on any atom is -0.504 e. The first-order valence-corrected chi connectivity index (χ1v) is 5.82. The van der Waals surface area contributed by atoms with E-state index in [1.54, 1.807) is 0 Å². The van der Waals surface area contributed by atoms with Crippen LogP contribution in [0.1, 0.15) is 17.4 Å². The van der Waals surface area contributed by atoms with Gasteiger partial charge in [-0.15, -0.1) is 0 Å². The largest absolute Gasteiger partial charge is 0.504 e. The number of hydrogen-bond acceptors (Lipinski definition) is 6. The number of hydrogen-bond donors (Lipinski definition) is 2. The number of nitrogens with zero attached hydrogens (tertiary/aromatic N) is 1. The molecule has 0 aliphatic heterocycles. The molecule has 0 bridgehead atoms. The van der Waals surface area contributed by atoms with Gasteiger partial charge in [0.15, 0.2) is 11.4 Å². The summed E-state index contributed by atoms with van der Waals surface area (Å²) in [6.45, 7) is 0.595. The molecule has 2 N–H and O–H groups in total. The molecule has 8 heteroatoms. The van der Waals surface area contributed by atoms with Crippen molar-refractivity contribution < 1.29 is 24.2 Å². The molecule has 0 radical (unpaired) electrons. The molecular weight excluding hydrogens is 355 g/mol. The van der Waals surface area contributed by atoms with Crippen LogP contribution in [0.2, 0.25) is 0 Å². The van der Waals surface area contributed by atoms with Crippen molar-refractivity contribution in [1.82, 2.24) is 10.3 Å². The third kappa shape index (κ3) is 3.95. The van der Waals surface area contributed by atoms with Gasteiger partial charge in [0.2, 0.25) is 0 Å². The Morgan fingerprint density at radius 1 is 1.50 bits per heavy atom. The van der Waals surface area contributed by atoms with Gasteiger partial charge in [-0.05, 0) is 28.7 Å². The van der Waals surface area contributed by atoms with E-state index >= 15 is 0 Å². The van der Waals surface area contributed by atoms with Gasteiger partial charge in [-0.2, -0.15) is 0 Å². The minimum absolute atomic E-state index is 0.197. The Bertz CT molecular complexity index is 503. The van der Waals surface area contributed by atoms with Crippen molar-refractivity contribution in [3.63, 3.8) is 0 Å². The van der Waals surface area contributed by atoms with E-state index in [-0.39, 0.29) is 11.4 Å². The molecule has 1 amide bonds. The zero-order valence-electron chi connectivity index (χ0n) is 9.27. The van der Waals surface area contributed by atoms with Crippen LogP contribution in [0.4, 0.5) is 0 Å². The fourth-order valence-corrected chi connectivity index (χ4v) is 1.45. The maximum absolute atomic E-state index is 11.6. The Labute approximate surface area is 116 Å². The van der Waals surface area contributed by atoms with Gasteiger partial charge in [-0.3, -0.25) is 9.59 Å². The van der Waals surface area contributed by atoms with Crippen molar-refractivity contribution in [2.24, 2.45) is 0 Å². The third-order valence-corrected chi connectivity index (χ3v) is 2.61. The standard InChI is InChI=1S/C10H9IN2O5/c1-5(14)18-7(15)4-13-10(17)8-9(16)6(11)2-3-12-8/h2-3,16H,4H2,1H3,(H,13,17). The zero-order chi connectivity index (χ0) is 13.7. The van der Waals surface area contributed by atoms with Crippen LogP contribution in [0.25, 0.3) is 0 Å². The second kappa shape index (κ2) is 6.28. The average Bonchev–Trinajstić information content (AvgIpc) is 2.29. The Hall–Kier alpha value is -1.71. The van der Waals surface area contributed by atoms with Crippen molar-refractivity contribution in [3.05, 3.63) is 21.5 Å². The lowest BCUT2D eigenvalue weighted by atomic mass is 10.3. The molecular formula is C10H9IN2O5. The fraction of sp³-hybridized carbons (Fsp3) is 0.200. The number of halogens is 1. The number of carbonyl (C=O) groups is 3. The van der Waals surface area contributed by atoms with E-state index in [4.69, 9.17) is 0 Å². The summed E-state index contributed by atoms with van der Waals surface area (Å²) >= 11 is 1.83. The van der Waals surface area contributed by atoms with E-state index in [0.29, 0.717) is 3.57 Å². The van der Waals surface area contributed by atoms with Crippen LogP contribution in [0, 0.1) is 3.57 Å². The minimum atomic E-state index is -0.888. The Kier molecular flexibility index (Phi) is 5.01. The van der Waals surface area contributed by atoms with Gasteiger partial charge < -0.3 is 15.2 Å². The first-order chi connectivity index (χ1) is 8.41. The molecule has 1 rings (SSSR count). The lowest BCUT2D eigenvalue weighted by Gasteiger charge is -2.05. The van der Waals surface area contributed by atoms with Crippen molar-refractivity contribution in [2.75, 3.05) is 6.54 Å². The first kappa shape index (κ1) is 14.4. The van der Waals surface area contributed by atoms with Crippen LogP contribution < -0.4 is 5.32 Å². The molecule has 0 unspecified atom stereocenters. The smallest absolute Gasteiger partial charge is 0.333 e. The number of ether oxygens (including phenoxy) is 1. The normalized spacial score (nSPS) is 9.67. The number of aromatic hydroxyl groups is 1. The predicted octanol–water partition coefficient (Wildman–Crippen LogP) is 0.211. The third-order valence-electron chi connectivity index (χ3n) is 1.74. The maximum atomic E-state index is 11.6. The van der Waals surface area contributed by atoms with E-state index in [0.717, 1.165) is 6.92 Å². The molecule has 96 valence electrons. The summed E-state index contributed by atoms with van der Waals surface area (Å²) in [6, 6.07) is 1.52. The van der Waals surface area contributed by atoms with E-state index < -0.39 is 24.4 Å². The molecule has 0 atom stereocenters. The van der Waals surface area contributed by atoms with E-state index in [9.17, 15) is 19.5 Å². The summed E-state index contributed by atoms with van der Waals surface area (Å²) in [5, 5.41) is 11.8. The summed E-state index contributed by atoms with van der Waals surface area (Å²) in [6.07, 6.45) is 1.35. The summed E-state index contributed by atoms with van der Waals surface area (Å²) in [4.78, 5) is 36.7. The van der Waals surface area contributed by atoms with Crippen LogP contribution in [0.3, 0.4) is 0 Å². The lowest BCUT2D eigenvalue weighted by Crippen LogP contribution is -2.32. The van der Waals surface area contributed by atoms with E-state index in [2.05, 4.69) is 15.0 Å². The second-order valence-electron chi connectivity index (χ2n) is 3.14. The molecule has 0 aromatic carbocycles. The van der Waals surface area contributed by atoms with Crippen molar-refractivity contribution >= 4 is 40.4 Å². The highest BCUT2D eigenvalue weighted by Gasteiger charge is 2.16. The van der Waals surface area contributed by atoms with Gasteiger partial charge in [0.1, 0.15) is 6.54 Å². The Morgan fingerprint density at radius 2 is 2.17 bits per heavy atom. The second-order valence-corrected chi connectivity index (χ2v) is 4.30. The Morgan fingerprint density at radius 3 is 2.78 bits per heavy atom. The lowest BCUT2D eigenvalue weighted by molar-refractivity contribution is -0.157. The molecule has 0 saturated carbocycles. The number of nitrogens with one attached hydrogen (secondary N) is 1. The maximum Gasteiger partial charge on any atom is 0.333 e. The summed E-state index contributed by atoms with van der Waals surface area (Å²) in [5.74, 6) is -2.65. The van der Waals surface area contributed by atoms with Gasteiger partial charge in [0.25, 0.3) is 5.91 Å². The monoisotopic (exact) mass is 364 g/mol. The molecule has 0 aliphatic rings. The number of aromatic nitrogens is 1. The van der Waals surface area contributed by atoms with Crippen LogP contribution in [-0.2, 0) is 14.3 Å². The number of carbonyl (C=O) groups excluding carboxylic acids is 3. The van der Waals surface area contributed by atoms with Crippen LogP contribution in [0.5, 0.6) is 5.75 Å². The highest BCUT2D eigenvalue weighted by atomic mass is 127. The molecule has 0 aliphatic carbocycles. The quantitative estimate of drug-likeness (QED) is 0.451. The van der Waals surface area contributed by atoms with Crippen molar-refractivity contribution in [1.29, 1.82) is 0 Å². The fourth-order valence-electron chi connectivity index (χ4n) is 1.03. The number of amides is 1. The predicted molar refractivity (Wildman–Crippen MR) is 67.7 cm³/mol. The van der Waals surface area contributed by atoms with Crippen molar-refractivity contribution in [2.45, 2.75) is 6.92 Å². The van der Waals surface area contributed by atoms with Gasteiger partial charge in [0.05, 0.1) is 3.57 Å². The highest BCUT2D eigenvalue weighted by Crippen LogP contribution is 2.21. The summed E-state index contributed by atoms with van der Waals surface area (Å²) in [5.41, 5.74) is -0.197. The number of rotatable bonds is 3. The molecule has 0 saturated heterocycles. The molecule has 0 fully saturated rings. The molecule has 1 heterocycles. The molecule has 0 spiro atoms. The van der Waals surface area contributed by atoms with Gasteiger partial charge in [0, 0.05) is 13.1 Å². The Balaban J connectivity index is 2.64. The highest BCUT2D eigenvalue weighted by molar-refractivity contribution is 14.1. The van der Waals surface area contributed by atoms with Crippen LogP contribution in [0.15, 0.2) is 12.3 Å². The molecule has 1 aromatic heterocycles. The van der Waals surface area contributed by atoms with E-state index in [1.807, 2.05) is 22.6 Å².